The van der Waals surface area contributed by atoms with Crippen LogP contribution in [0, 0.1) is 27.7 Å². The standard InChI is InChI=1S/C19H24O2/c1-6-19(20-17-11-13(2)7-9-15(17)4)21-18-12-14(3)8-10-16(18)5/h7-12,19H,6H2,1-5H3. The molecule has 0 unspecified atom stereocenters. The number of benzene rings is 2. The summed E-state index contributed by atoms with van der Waals surface area (Å²) in [6.07, 6.45) is 0.520. The van der Waals surface area contributed by atoms with Crippen molar-refractivity contribution < 1.29 is 9.47 Å². The molecule has 0 atom stereocenters. The van der Waals surface area contributed by atoms with Gasteiger partial charge in [0.1, 0.15) is 11.5 Å². The normalized spacial score (nSPS) is 10.8. The monoisotopic (exact) mass is 284 g/mol. The van der Waals surface area contributed by atoms with Crippen LogP contribution in [0.25, 0.3) is 0 Å². The van der Waals surface area contributed by atoms with Crippen molar-refractivity contribution in [3.05, 3.63) is 58.7 Å². The van der Waals surface area contributed by atoms with Crippen LogP contribution < -0.4 is 9.47 Å². The van der Waals surface area contributed by atoms with Gasteiger partial charge < -0.3 is 9.47 Å². The van der Waals surface area contributed by atoms with E-state index < -0.39 is 0 Å². The van der Waals surface area contributed by atoms with E-state index in [9.17, 15) is 0 Å². The highest BCUT2D eigenvalue weighted by molar-refractivity contribution is 5.37. The molecule has 0 radical (unpaired) electrons. The molecule has 0 fully saturated rings. The first-order valence-electron chi connectivity index (χ1n) is 7.47. The van der Waals surface area contributed by atoms with Gasteiger partial charge in [-0.1, -0.05) is 31.2 Å². The first kappa shape index (κ1) is 15.4. The van der Waals surface area contributed by atoms with Gasteiger partial charge >= 0.3 is 0 Å². The Morgan fingerprint density at radius 3 is 1.57 bits per heavy atom. The highest BCUT2D eigenvalue weighted by Gasteiger charge is 2.13. The molecule has 0 heterocycles. The fraction of sp³-hybridized carbons (Fsp3) is 0.368. The molecule has 2 rings (SSSR count). The quantitative estimate of drug-likeness (QED) is 0.710. The lowest BCUT2D eigenvalue weighted by molar-refractivity contribution is 0.00223. The lowest BCUT2D eigenvalue weighted by atomic mass is 10.1. The first-order valence-corrected chi connectivity index (χ1v) is 7.47. The predicted molar refractivity (Wildman–Crippen MR) is 87.2 cm³/mol. The summed E-state index contributed by atoms with van der Waals surface area (Å²) >= 11 is 0. The van der Waals surface area contributed by atoms with E-state index in [0.29, 0.717) is 0 Å². The first-order chi connectivity index (χ1) is 9.99. The fourth-order valence-electron chi connectivity index (χ4n) is 2.14. The predicted octanol–water partition coefficient (Wildman–Crippen LogP) is 5.11. The van der Waals surface area contributed by atoms with Crippen molar-refractivity contribution in [2.45, 2.75) is 47.3 Å². The summed E-state index contributed by atoms with van der Waals surface area (Å²) in [6.45, 7) is 10.3. The average Bonchev–Trinajstić information content (AvgIpc) is 2.45. The van der Waals surface area contributed by atoms with E-state index in [1.165, 1.54) is 11.1 Å². The number of aryl methyl sites for hydroxylation is 4. The Morgan fingerprint density at radius 2 is 1.19 bits per heavy atom. The maximum Gasteiger partial charge on any atom is 0.240 e. The summed E-state index contributed by atoms with van der Waals surface area (Å²) in [5, 5.41) is 0. The molecule has 2 heteroatoms. The van der Waals surface area contributed by atoms with Gasteiger partial charge in [-0.25, -0.2) is 0 Å². The van der Waals surface area contributed by atoms with Gasteiger partial charge in [-0.2, -0.15) is 0 Å². The molecule has 0 aliphatic heterocycles. The van der Waals surface area contributed by atoms with Crippen LogP contribution in [0.5, 0.6) is 11.5 Å². The van der Waals surface area contributed by atoms with Gasteiger partial charge in [0.2, 0.25) is 6.29 Å². The maximum absolute atomic E-state index is 6.05. The Kier molecular flexibility index (Phi) is 4.89. The lowest BCUT2D eigenvalue weighted by Gasteiger charge is -2.22. The van der Waals surface area contributed by atoms with Crippen molar-refractivity contribution in [3.8, 4) is 11.5 Å². The van der Waals surface area contributed by atoms with Gasteiger partial charge in [0.15, 0.2) is 0 Å². The van der Waals surface area contributed by atoms with E-state index in [-0.39, 0.29) is 6.29 Å². The molecular formula is C19H24O2. The summed E-state index contributed by atoms with van der Waals surface area (Å²) in [7, 11) is 0. The zero-order chi connectivity index (χ0) is 15.4. The molecular weight excluding hydrogens is 260 g/mol. The molecule has 0 aromatic heterocycles. The van der Waals surface area contributed by atoms with E-state index in [0.717, 1.165) is 29.0 Å². The molecule has 2 aromatic rings. The van der Waals surface area contributed by atoms with E-state index in [1.54, 1.807) is 0 Å². The molecule has 2 nitrogen and oxygen atoms in total. The van der Waals surface area contributed by atoms with Crippen LogP contribution in [0.1, 0.15) is 35.6 Å². The minimum atomic E-state index is -0.272. The Labute approximate surface area is 127 Å². The number of rotatable bonds is 5. The minimum Gasteiger partial charge on any atom is -0.455 e. The highest BCUT2D eigenvalue weighted by atomic mass is 16.7. The van der Waals surface area contributed by atoms with Crippen molar-refractivity contribution >= 4 is 0 Å². The summed E-state index contributed by atoms with van der Waals surface area (Å²) in [5.41, 5.74) is 4.64. The van der Waals surface area contributed by atoms with E-state index in [2.05, 4.69) is 71.0 Å². The van der Waals surface area contributed by atoms with Crippen LogP contribution in [0.2, 0.25) is 0 Å². The molecule has 21 heavy (non-hydrogen) atoms. The van der Waals surface area contributed by atoms with E-state index in [4.69, 9.17) is 9.47 Å². The Bertz CT molecular complexity index is 563. The summed E-state index contributed by atoms with van der Waals surface area (Å²) in [4.78, 5) is 0. The molecule has 0 N–H and O–H groups in total. The molecule has 0 aliphatic rings. The van der Waals surface area contributed by atoms with Crippen molar-refractivity contribution in [1.82, 2.24) is 0 Å². The number of hydrogen-bond acceptors (Lipinski definition) is 2. The highest BCUT2D eigenvalue weighted by Crippen LogP contribution is 2.25. The lowest BCUT2D eigenvalue weighted by Crippen LogP contribution is -2.23. The molecule has 0 bridgehead atoms. The van der Waals surface area contributed by atoms with Gasteiger partial charge in [0.05, 0.1) is 0 Å². The number of ether oxygens (including phenoxy) is 2. The van der Waals surface area contributed by atoms with Crippen LogP contribution in [0.4, 0.5) is 0 Å². The molecule has 0 aliphatic carbocycles. The fourth-order valence-corrected chi connectivity index (χ4v) is 2.14. The minimum absolute atomic E-state index is 0.272. The third-order valence-corrected chi connectivity index (χ3v) is 3.54. The third kappa shape index (κ3) is 4.01. The maximum atomic E-state index is 6.05. The van der Waals surface area contributed by atoms with Gasteiger partial charge in [-0.15, -0.1) is 0 Å². The third-order valence-electron chi connectivity index (χ3n) is 3.54. The average molecular weight is 284 g/mol. The van der Waals surface area contributed by atoms with Crippen LogP contribution in [-0.2, 0) is 0 Å². The van der Waals surface area contributed by atoms with Gasteiger partial charge in [0.25, 0.3) is 0 Å². The van der Waals surface area contributed by atoms with E-state index in [1.807, 2.05) is 0 Å². The molecule has 0 saturated carbocycles. The molecule has 0 spiro atoms. The van der Waals surface area contributed by atoms with Gasteiger partial charge in [-0.05, 0) is 62.1 Å². The molecule has 0 amide bonds. The molecule has 2 aromatic carbocycles. The summed E-state index contributed by atoms with van der Waals surface area (Å²) in [6, 6.07) is 12.5. The Morgan fingerprint density at radius 1 is 0.762 bits per heavy atom. The molecule has 112 valence electrons. The largest absolute Gasteiger partial charge is 0.455 e. The van der Waals surface area contributed by atoms with Crippen molar-refractivity contribution in [2.24, 2.45) is 0 Å². The van der Waals surface area contributed by atoms with Gasteiger partial charge in [0, 0.05) is 6.42 Å². The van der Waals surface area contributed by atoms with Crippen LogP contribution >= 0.6 is 0 Å². The second kappa shape index (κ2) is 6.66. The zero-order valence-corrected chi connectivity index (χ0v) is 13.6. The smallest absolute Gasteiger partial charge is 0.240 e. The van der Waals surface area contributed by atoms with E-state index >= 15 is 0 Å². The van der Waals surface area contributed by atoms with Crippen LogP contribution in [0.3, 0.4) is 0 Å². The van der Waals surface area contributed by atoms with Crippen molar-refractivity contribution in [1.29, 1.82) is 0 Å². The summed E-state index contributed by atoms with van der Waals surface area (Å²) in [5.74, 6) is 1.79. The SMILES string of the molecule is CCC(Oc1cc(C)ccc1C)Oc1cc(C)ccc1C. The second-order valence-electron chi connectivity index (χ2n) is 5.61. The zero-order valence-electron chi connectivity index (χ0n) is 13.6. The molecule has 0 saturated heterocycles. The van der Waals surface area contributed by atoms with Crippen LogP contribution in [-0.4, -0.2) is 6.29 Å². The van der Waals surface area contributed by atoms with Crippen molar-refractivity contribution in [2.75, 3.05) is 0 Å². The van der Waals surface area contributed by atoms with Crippen molar-refractivity contribution in [3.63, 3.8) is 0 Å². The van der Waals surface area contributed by atoms with Gasteiger partial charge in [-0.3, -0.25) is 0 Å². The Balaban J connectivity index is 2.16. The topological polar surface area (TPSA) is 18.5 Å². The van der Waals surface area contributed by atoms with Crippen LogP contribution in [0.15, 0.2) is 36.4 Å². The second-order valence-corrected chi connectivity index (χ2v) is 5.61. The number of hydrogen-bond donors (Lipinski definition) is 0. The Hall–Kier alpha value is -1.96. The summed E-state index contributed by atoms with van der Waals surface area (Å²) < 4.78 is 12.1.